The van der Waals surface area contributed by atoms with E-state index in [-0.39, 0.29) is 16.7 Å². The smallest absolute Gasteiger partial charge is 0.285 e. The van der Waals surface area contributed by atoms with Crippen LogP contribution in [0.25, 0.3) is 11.8 Å². The monoisotopic (exact) mass is 354 g/mol. The first-order valence-corrected chi connectivity index (χ1v) is 7.91. The maximum absolute atomic E-state index is 12.9. The van der Waals surface area contributed by atoms with Crippen LogP contribution >= 0.6 is 0 Å². The SMILES string of the molecule is Cc1c(C=C2C(=O)N(C)C(=O)N(C)C2=O)c(=O)n(-c2ccccc2)n1C. The quantitative estimate of drug-likeness (QED) is 0.593. The van der Waals surface area contributed by atoms with Gasteiger partial charge in [-0.1, -0.05) is 18.2 Å². The summed E-state index contributed by atoms with van der Waals surface area (Å²) < 4.78 is 3.11. The normalized spacial score (nSPS) is 15.1. The van der Waals surface area contributed by atoms with Gasteiger partial charge in [0.05, 0.1) is 11.3 Å². The number of benzene rings is 1. The number of carbonyl (C=O) groups is 3. The lowest BCUT2D eigenvalue weighted by atomic mass is 10.1. The average Bonchev–Trinajstić information content (AvgIpc) is 2.85. The fourth-order valence-corrected chi connectivity index (χ4v) is 2.87. The molecule has 0 aliphatic carbocycles. The van der Waals surface area contributed by atoms with Crippen molar-refractivity contribution in [2.45, 2.75) is 6.92 Å². The number of hydrogen-bond donors (Lipinski definition) is 0. The fraction of sp³-hybridized carbons (Fsp3) is 0.222. The minimum Gasteiger partial charge on any atom is -0.285 e. The van der Waals surface area contributed by atoms with Gasteiger partial charge in [-0.15, -0.1) is 0 Å². The average molecular weight is 354 g/mol. The van der Waals surface area contributed by atoms with Crippen molar-refractivity contribution < 1.29 is 14.4 Å². The Labute approximate surface area is 149 Å². The topological polar surface area (TPSA) is 84.6 Å². The molecular formula is C18H18N4O4. The van der Waals surface area contributed by atoms with Crippen LogP contribution in [0, 0.1) is 6.92 Å². The number of likely N-dealkylation sites (N-methyl/N-ethyl adjacent to an activating group) is 2. The first-order chi connectivity index (χ1) is 12.3. The third-order valence-electron chi connectivity index (χ3n) is 4.53. The van der Waals surface area contributed by atoms with Crippen LogP contribution in [-0.2, 0) is 16.6 Å². The van der Waals surface area contributed by atoms with Gasteiger partial charge < -0.3 is 0 Å². The maximum Gasteiger partial charge on any atom is 0.333 e. The molecule has 2 heterocycles. The highest BCUT2D eigenvalue weighted by atomic mass is 16.2. The molecule has 0 radical (unpaired) electrons. The molecule has 0 saturated carbocycles. The molecule has 8 nitrogen and oxygen atoms in total. The maximum atomic E-state index is 12.9. The molecule has 4 amide bonds. The number of barbiturate groups is 1. The van der Waals surface area contributed by atoms with Crippen LogP contribution < -0.4 is 5.56 Å². The first kappa shape index (κ1) is 17.4. The number of para-hydroxylation sites is 1. The lowest BCUT2D eigenvalue weighted by Crippen LogP contribution is -2.53. The van der Waals surface area contributed by atoms with Gasteiger partial charge in [-0.2, -0.15) is 0 Å². The Morgan fingerprint density at radius 2 is 1.38 bits per heavy atom. The van der Waals surface area contributed by atoms with E-state index in [1.807, 2.05) is 18.2 Å². The number of urea groups is 1. The van der Waals surface area contributed by atoms with Crippen molar-refractivity contribution in [3.63, 3.8) is 0 Å². The minimum absolute atomic E-state index is 0.222. The Morgan fingerprint density at radius 1 is 0.846 bits per heavy atom. The van der Waals surface area contributed by atoms with E-state index in [0.717, 1.165) is 9.80 Å². The fourth-order valence-electron chi connectivity index (χ4n) is 2.87. The van der Waals surface area contributed by atoms with Gasteiger partial charge in [0.1, 0.15) is 5.57 Å². The highest BCUT2D eigenvalue weighted by molar-refractivity contribution is 6.30. The Hall–Kier alpha value is -3.42. The van der Waals surface area contributed by atoms with Crippen LogP contribution in [0.1, 0.15) is 11.3 Å². The summed E-state index contributed by atoms with van der Waals surface area (Å²) >= 11 is 0. The van der Waals surface area contributed by atoms with Gasteiger partial charge in [0.15, 0.2) is 0 Å². The van der Waals surface area contributed by atoms with Gasteiger partial charge in [0.25, 0.3) is 17.4 Å². The van der Waals surface area contributed by atoms with Crippen LogP contribution in [0.4, 0.5) is 4.79 Å². The molecule has 134 valence electrons. The molecule has 0 bridgehead atoms. The Kier molecular flexibility index (Phi) is 4.11. The van der Waals surface area contributed by atoms with E-state index in [2.05, 4.69) is 0 Å². The molecule has 1 fully saturated rings. The third-order valence-corrected chi connectivity index (χ3v) is 4.53. The number of carbonyl (C=O) groups excluding carboxylic acids is 3. The van der Waals surface area contributed by atoms with Gasteiger partial charge in [-0.3, -0.25) is 28.9 Å². The second-order valence-electron chi connectivity index (χ2n) is 6.04. The van der Waals surface area contributed by atoms with Crippen LogP contribution in [0.15, 0.2) is 40.7 Å². The zero-order valence-corrected chi connectivity index (χ0v) is 14.9. The molecule has 26 heavy (non-hydrogen) atoms. The Bertz CT molecular complexity index is 988. The number of aromatic nitrogens is 2. The Morgan fingerprint density at radius 3 is 1.92 bits per heavy atom. The summed E-state index contributed by atoms with van der Waals surface area (Å²) in [6.07, 6.45) is 1.27. The zero-order valence-electron chi connectivity index (χ0n) is 14.9. The number of hydrogen-bond acceptors (Lipinski definition) is 4. The standard InChI is InChI=1S/C18H18N4O4/c1-11-13(10-14-15(23)19(2)18(26)20(3)16(14)24)17(25)22(21(11)4)12-8-6-5-7-9-12/h5-10H,1-4H3. The summed E-state index contributed by atoms with van der Waals surface area (Å²) in [6, 6.07) is 8.33. The van der Waals surface area contributed by atoms with Crippen LogP contribution in [0.2, 0.25) is 0 Å². The summed E-state index contributed by atoms with van der Waals surface area (Å²) in [5.41, 5.74) is 0.906. The molecule has 8 heteroatoms. The van der Waals surface area contributed by atoms with Crippen LogP contribution in [-0.4, -0.2) is 51.1 Å². The Balaban J connectivity index is 2.18. The predicted molar refractivity (Wildman–Crippen MR) is 94.7 cm³/mol. The van der Waals surface area contributed by atoms with E-state index >= 15 is 0 Å². The highest BCUT2D eigenvalue weighted by Crippen LogP contribution is 2.19. The molecule has 0 N–H and O–H groups in total. The van der Waals surface area contributed by atoms with E-state index < -0.39 is 17.8 Å². The van der Waals surface area contributed by atoms with E-state index in [4.69, 9.17) is 0 Å². The summed E-state index contributed by atoms with van der Waals surface area (Å²) in [6.45, 7) is 1.73. The van der Waals surface area contributed by atoms with Crippen LogP contribution in [0.5, 0.6) is 0 Å². The van der Waals surface area contributed by atoms with Crippen molar-refractivity contribution in [1.29, 1.82) is 0 Å². The highest BCUT2D eigenvalue weighted by Gasteiger charge is 2.38. The molecule has 3 rings (SSSR count). The van der Waals surface area contributed by atoms with Crippen molar-refractivity contribution in [2.75, 3.05) is 14.1 Å². The summed E-state index contributed by atoms with van der Waals surface area (Å²) in [5, 5.41) is 0. The van der Waals surface area contributed by atoms with Crippen molar-refractivity contribution in [3.8, 4) is 5.69 Å². The van der Waals surface area contributed by atoms with Crippen LogP contribution in [0.3, 0.4) is 0 Å². The molecule has 0 atom stereocenters. The molecule has 0 unspecified atom stereocenters. The van der Waals surface area contributed by atoms with Gasteiger partial charge in [-0.25, -0.2) is 9.48 Å². The van der Waals surface area contributed by atoms with Crippen molar-refractivity contribution in [3.05, 3.63) is 57.5 Å². The zero-order chi connectivity index (χ0) is 19.2. The van der Waals surface area contributed by atoms with E-state index in [1.54, 1.807) is 30.8 Å². The van der Waals surface area contributed by atoms with Gasteiger partial charge in [0, 0.05) is 26.8 Å². The van der Waals surface area contributed by atoms with Gasteiger partial charge >= 0.3 is 6.03 Å². The molecule has 1 aliphatic heterocycles. The van der Waals surface area contributed by atoms with E-state index in [0.29, 0.717) is 11.4 Å². The largest absolute Gasteiger partial charge is 0.333 e. The third kappa shape index (κ3) is 2.46. The number of nitrogens with zero attached hydrogens (tertiary/aromatic N) is 4. The first-order valence-electron chi connectivity index (χ1n) is 7.91. The van der Waals surface area contributed by atoms with Crippen molar-refractivity contribution >= 4 is 23.9 Å². The molecule has 2 aromatic rings. The lowest BCUT2D eigenvalue weighted by Gasteiger charge is -2.28. The summed E-state index contributed by atoms with van der Waals surface area (Å²) in [4.78, 5) is 51.1. The molecule has 0 spiro atoms. The number of amides is 4. The summed E-state index contributed by atoms with van der Waals surface area (Å²) in [5.74, 6) is -1.46. The molecule has 1 aliphatic rings. The van der Waals surface area contributed by atoms with Gasteiger partial charge in [0.2, 0.25) is 0 Å². The second kappa shape index (κ2) is 6.14. The molecule has 1 aromatic heterocycles. The molecule has 1 aromatic carbocycles. The second-order valence-corrected chi connectivity index (χ2v) is 6.04. The van der Waals surface area contributed by atoms with Crippen molar-refractivity contribution in [1.82, 2.24) is 19.2 Å². The number of rotatable bonds is 2. The molecular weight excluding hydrogens is 336 g/mol. The molecule has 1 saturated heterocycles. The van der Waals surface area contributed by atoms with Crippen molar-refractivity contribution in [2.24, 2.45) is 7.05 Å². The lowest BCUT2D eigenvalue weighted by molar-refractivity contribution is -0.134. The van der Waals surface area contributed by atoms with Gasteiger partial charge in [-0.05, 0) is 25.1 Å². The summed E-state index contributed by atoms with van der Waals surface area (Å²) in [7, 11) is 4.31. The van der Waals surface area contributed by atoms with E-state index in [1.165, 1.54) is 24.9 Å². The van der Waals surface area contributed by atoms with E-state index in [9.17, 15) is 19.2 Å². The minimum atomic E-state index is -0.730. The predicted octanol–water partition coefficient (Wildman–Crippen LogP) is 0.918. The number of imide groups is 2.